The number of carboxylic acids is 1. The van der Waals surface area contributed by atoms with Crippen molar-refractivity contribution >= 4 is 32.7 Å². The normalized spacial score (nSPS) is 12.5. The van der Waals surface area contributed by atoms with Gasteiger partial charge >= 0.3 is 5.97 Å². The van der Waals surface area contributed by atoms with E-state index < -0.39 is 21.0 Å². The summed E-state index contributed by atoms with van der Waals surface area (Å²) >= 11 is 0. The maximum atomic E-state index is 12.4. The zero-order valence-electron chi connectivity index (χ0n) is 19.9. The summed E-state index contributed by atoms with van der Waals surface area (Å²) in [4.78, 5) is 15.6. The molecule has 182 valence electrons. The molecule has 1 aliphatic heterocycles. The predicted octanol–water partition coefficient (Wildman–Crippen LogP) is 3.90. The fourth-order valence-corrected chi connectivity index (χ4v) is 5.07. The summed E-state index contributed by atoms with van der Waals surface area (Å²) in [7, 11) is -4.75. The Kier molecular flexibility index (Phi) is 6.50. The highest BCUT2D eigenvalue weighted by molar-refractivity contribution is 7.86. The van der Waals surface area contributed by atoms with Crippen molar-refractivity contribution in [3.05, 3.63) is 64.5 Å². The van der Waals surface area contributed by atoms with Crippen molar-refractivity contribution in [2.45, 2.75) is 32.6 Å². The lowest BCUT2D eigenvalue weighted by molar-refractivity contribution is -0.568. The molecule has 0 spiro atoms. The molecule has 0 unspecified atom stereocenters. The number of quaternary nitrogens is 1. The van der Waals surface area contributed by atoms with Gasteiger partial charge in [-0.25, -0.2) is 4.79 Å². The summed E-state index contributed by atoms with van der Waals surface area (Å²) in [5.74, 6) is -0.795. The minimum Gasteiger partial charge on any atom is -0.478 e. The van der Waals surface area contributed by atoms with Gasteiger partial charge < -0.3 is 14.8 Å². The molecule has 0 saturated heterocycles. The van der Waals surface area contributed by atoms with E-state index in [4.69, 9.17) is 4.42 Å². The maximum Gasteiger partial charge on any atom is 0.335 e. The van der Waals surface area contributed by atoms with Crippen molar-refractivity contribution in [2.75, 3.05) is 13.1 Å². The number of nitrogens with two attached hydrogens (primary N) is 1. The van der Waals surface area contributed by atoms with Crippen LogP contribution in [0.4, 0.5) is 5.69 Å². The Morgan fingerprint density at radius 3 is 2.40 bits per heavy atom. The van der Waals surface area contributed by atoms with Gasteiger partial charge in [-0.05, 0) is 57.5 Å². The third kappa shape index (κ3) is 4.58. The first-order valence-electron chi connectivity index (χ1n) is 11.3. The molecule has 8 nitrogen and oxygen atoms in total. The molecule has 1 heterocycles. The molecule has 0 aromatic heterocycles. The van der Waals surface area contributed by atoms with Crippen LogP contribution in [0.1, 0.15) is 35.3 Å². The van der Waals surface area contributed by atoms with E-state index in [-0.39, 0.29) is 11.1 Å². The third-order valence-electron chi connectivity index (χ3n) is 5.95. The Hall–Kier alpha value is -3.53. The van der Waals surface area contributed by atoms with Gasteiger partial charge in [0.25, 0.3) is 10.1 Å². The summed E-state index contributed by atoms with van der Waals surface area (Å²) in [6.45, 7) is 9.26. The molecular formula is C26H27N2O6S+. The van der Waals surface area contributed by atoms with Crippen LogP contribution in [0.2, 0.25) is 0 Å². The summed E-state index contributed by atoms with van der Waals surface area (Å²) in [6.07, 6.45) is 0. The zero-order valence-corrected chi connectivity index (χ0v) is 20.7. The summed E-state index contributed by atoms with van der Waals surface area (Å²) < 4.78 is 41.2. The standard InChI is InChI=1S/C26H26N2O6S/c1-5-27-20-12-22-18(9-14(20)3)25(19-10-15(4)21(28-6-2)13-23(19)34-22)17-8-7-16(26(29)30)11-24(17)35(31,32)33/h7-13,27H,5-6H2,1-4H3,(H,29,30)(H,31,32,33)/p+1. The van der Waals surface area contributed by atoms with Crippen LogP contribution in [-0.4, -0.2) is 37.1 Å². The molecule has 0 bridgehead atoms. The van der Waals surface area contributed by atoms with E-state index in [0.29, 0.717) is 34.4 Å². The molecule has 2 aromatic carbocycles. The number of fused-ring (bicyclic) bond motifs is 2. The van der Waals surface area contributed by atoms with Gasteiger partial charge in [0.15, 0.2) is 0 Å². The molecule has 4 N–H and O–H groups in total. The quantitative estimate of drug-likeness (QED) is 0.211. The van der Waals surface area contributed by atoms with E-state index in [0.717, 1.165) is 34.8 Å². The van der Waals surface area contributed by atoms with Crippen LogP contribution in [0, 0.1) is 13.8 Å². The third-order valence-corrected chi connectivity index (χ3v) is 6.85. The highest BCUT2D eigenvalue weighted by Crippen LogP contribution is 2.43. The van der Waals surface area contributed by atoms with Crippen LogP contribution in [0.25, 0.3) is 33.4 Å². The van der Waals surface area contributed by atoms with Crippen molar-refractivity contribution < 1.29 is 32.6 Å². The lowest BCUT2D eigenvalue weighted by atomic mass is 9.91. The second-order valence-electron chi connectivity index (χ2n) is 8.39. The summed E-state index contributed by atoms with van der Waals surface area (Å²) in [5, 5.41) is 12.9. The van der Waals surface area contributed by atoms with Crippen LogP contribution >= 0.6 is 0 Å². The minimum absolute atomic E-state index is 0.189. The molecule has 0 amide bonds. The molecule has 2 aromatic rings. The number of carboxylic acid groups (broad SMARTS) is 1. The Morgan fingerprint density at radius 1 is 1.03 bits per heavy atom. The van der Waals surface area contributed by atoms with Gasteiger partial charge in [-0.1, -0.05) is 6.07 Å². The molecule has 0 fully saturated rings. The van der Waals surface area contributed by atoms with Crippen LogP contribution < -0.4 is 10.7 Å². The van der Waals surface area contributed by atoms with Crippen LogP contribution in [0.15, 0.2) is 56.8 Å². The minimum atomic E-state index is -4.75. The first kappa shape index (κ1) is 24.6. The Balaban J connectivity index is 2.23. The van der Waals surface area contributed by atoms with Crippen molar-refractivity contribution in [1.29, 1.82) is 0 Å². The van der Waals surface area contributed by atoms with Gasteiger partial charge in [0.1, 0.15) is 21.9 Å². The lowest BCUT2D eigenvalue weighted by Crippen LogP contribution is -2.77. The topological polar surface area (TPSA) is 134 Å². The number of benzene rings is 3. The van der Waals surface area contributed by atoms with E-state index in [9.17, 15) is 22.9 Å². The number of hydrogen-bond donors (Lipinski definition) is 3. The fourth-order valence-electron chi connectivity index (χ4n) is 4.35. The molecule has 0 saturated carbocycles. The van der Waals surface area contributed by atoms with E-state index in [2.05, 4.69) is 10.3 Å². The average molecular weight is 496 g/mol. The molecule has 35 heavy (non-hydrogen) atoms. The van der Waals surface area contributed by atoms with Crippen LogP contribution in [0.3, 0.4) is 0 Å². The Morgan fingerprint density at radius 2 is 1.77 bits per heavy atom. The van der Waals surface area contributed by atoms with Gasteiger partial charge in [-0.3, -0.25) is 9.55 Å². The van der Waals surface area contributed by atoms with Crippen molar-refractivity contribution in [2.24, 2.45) is 4.99 Å². The number of nitrogens with zero attached hydrogens (tertiary/aromatic N) is 1. The van der Waals surface area contributed by atoms with Gasteiger partial charge in [-0.2, -0.15) is 8.42 Å². The number of carbonyl (C=O) groups is 1. The monoisotopic (exact) mass is 495 g/mol. The van der Waals surface area contributed by atoms with Crippen molar-refractivity contribution in [3.8, 4) is 22.5 Å². The zero-order chi connectivity index (χ0) is 25.5. The van der Waals surface area contributed by atoms with Crippen molar-refractivity contribution in [3.63, 3.8) is 0 Å². The predicted molar refractivity (Wildman–Crippen MR) is 133 cm³/mol. The van der Waals surface area contributed by atoms with E-state index in [1.807, 2.05) is 52.0 Å². The Labute approximate surface area is 203 Å². The van der Waals surface area contributed by atoms with Gasteiger partial charge in [-0.15, -0.1) is 0 Å². The summed E-state index contributed by atoms with van der Waals surface area (Å²) in [6, 6.07) is 11.3. The SMILES string of the molecule is CCN=c1cc2oc3cc([NH2+]CC)c(C)cc3c(-c3ccc(C(=O)O)cc3S(=O)(=O)O)c-2cc1C. The molecule has 4 rings (SSSR count). The first-order valence-corrected chi connectivity index (χ1v) is 12.7. The molecule has 1 aliphatic carbocycles. The number of aromatic carboxylic acids is 1. The molecular weight excluding hydrogens is 468 g/mol. The fraction of sp³-hybridized carbons (Fsp3) is 0.231. The van der Waals surface area contributed by atoms with Crippen LogP contribution in [0.5, 0.6) is 0 Å². The average Bonchev–Trinajstić information content (AvgIpc) is 2.78. The number of hydrogen-bond acceptors (Lipinski definition) is 5. The summed E-state index contributed by atoms with van der Waals surface area (Å²) in [5.41, 5.74) is 4.48. The van der Waals surface area contributed by atoms with E-state index in [1.54, 1.807) is 0 Å². The van der Waals surface area contributed by atoms with Gasteiger partial charge in [0.2, 0.25) is 0 Å². The molecule has 0 radical (unpaired) electrons. The highest BCUT2D eigenvalue weighted by Gasteiger charge is 2.26. The highest BCUT2D eigenvalue weighted by atomic mass is 32.2. The van der Waals surface area contributed by atoms with Gasteiger partial charge in [0, 0.05) is 46.3 Å². The largest absolute Gasteiger partial charge is 0.478 e. The number of aryl methyl sites for hydroxylation is 2. The lowest BCUT2D eigenvalue weighted by Gasteiger charge is -2.19. The van der Waals surface area contributed by atoms with Crippen LogP contribution in [-0.2, 0) is 10.1 Å². The van der Waals surface area contributed by atoms with Crippen molar-refractivity contribution in [1.82, 2.24) is 0 Å². The molecule has 2 aliphatic rings. The van der Waals surface area contributed by atoms with E-state index in [1.165, 1.54) is 12.1 Å². The number of rotatable bonds is 6. The second kappa shape index (κ2) is 9.26. The Bertz CT molecular complexity index is 1620. The van der Waals surface area contributed by atoms with E-state index >= 15 is 0 Å². The van der Waals surface area contributed by atoms with Gasteiger partial charge in [0.05, 0.1) is 17.5 Å². The smallest absolute Gasteiger partial charge is 0.335 e. The molecule has 9 heteroatoms. The molecule has 0 atom stereocenters. The maximum absolute atomic E-state index is 12.4. The second-order valence-corrected chi connectivity index (χ2v) is 9.78. The first-order chi connectivity index (χ1) is 16.5.